The summed E-state index contributed by atoms with van der Waals surface area (Å²) in [6.07, 6.45) is 0.156. The highest BCUT2D eigenvalue weighted by Crippen LogP contribution is 2.31. The third kappa shape index (κ3) is 5.32. The highest BCUT2D eigenvalue weighted by atomic mass is 32.1. The average Bonchev–Trinajstić information content (AvgIpc) is 3.09. The van der Waals surface area contributed by atoms with Crippen LogP contribution in [0.1, 0.15) is 18.2 Å². The number of ether oxygens (including phenoxy) is 1. The highest BCUT2D eigenvalue weighted by molar-refractivity contribution is 7.16. The molecule has 156 valence electrons. The zero-order valence-corrected chi connectivity index (χ0v) is 17.5. The van der Waals surface area contributed by atoms with Crippen molar-refractivity contribution >= 4 is 33.8 Å². The molecule has 3 aromatic rings. The Hall–Kier alpha value is -3.46. The van der Waals surface area contributed by atoms with Crippen LogP contribution < -0.4 is 15.4 Å². The number of hydrogen-bond acceptors (Lipinski definition) is 7. The Labute approximate surface area is 178 Å². The summed E-state index contributed by atoms with van der Waals surface area (Å²) in [5.41, 5.74) is 2.13. The Morgan fingerprint density at radius 2 is 1.93 bits per heavy atom. The standard InChI is InChI=1S/C21H22N4O4S/c1-3-29-16-10-8-15(9-11-16)20-14(2)30-21(24-20)23-19(26)12-13-22-17-6-4-5-7-18(17)25(27)28/h4-11,22H,3,12-13H2,1-2H3,(H,23,24,26). The van der Waals surface area contributed by atoms with Crippen molar-refractivity contribution in [3.05, 3.63) is 63.5 Å². The fraction of sp³-hybridized carbons (Fsp3) is 0.238. The van der Waals surface area contributed by atoms with Crippen molar-refractivity contribution in [1.82, 2.24) is 4.98 Å². The normalized spacial score (nSPS) is 10.5. The van der Waals surface area contributed by atoms with E-state index in [2.05, 4.69) is 15.6 Å². The van der Waals surface area contributed by atoms with Gasteiger partial charge in [-0.25, -0.2) is 4.98 Å². The van der Waals surface area contributed by atoms with Crippen molar-refractivity contribution < 1.29 is 14.5 Å². The Kier molecular flexibility index (Phi) is 6.97. The molecule has 1 heterocycles. The summed E-state index contributed by atoms with van der Waals surface area (Å²) < 4.78 is 5.46. The number of nitro groups is 1. The molecule has 2 N–H and O–H groups in total. The van der Waals surface area contributed by atoms with Crippen LogP contribution >= 0.6 is 11.3 Å². The number of anilines is 2. The zero-order chi connectivity index (χ0) is 21.5. The summed E-state index contributed by atoms with van der Waals surface area (Å²) in [4.78, 5) is 28.4. The summed E-state index contributed by atoms with van der Waals surface area (Å²) in [5.74, 6) is 0.585. The van der Waals surface area contributed by atoms with Gasteiger partial charge in [0.25, 0.3) is 5.69 Å². The average molecular weight is 426 g/mol. The number of carbonyl (C=O) groups is 1. The van der Waals surface area contributed by atoms with Crippen LogP contribution in [0, 0.1) is 17.0 Å². The second-order valence-corrected chi connectivity index (χ2v) is 7.58. The van der Waals surface area contributed by atoms with Crippen molar-refractivity contribution in [2.45, 2.75) is 20.3 Å². The number of thiazole rings is 1. The van der Waals surface area contributed by atoms with Crippen molar-refractivity contribution in [2.75, 3.05) is 23.8 Å². The zero-order valence-electron chi connectivity index (χ0n) is 16.7. The molecule has 1 aromatic heterocycles. The molecular formula is C21H22N4O4S. The van der Waals surface area contributed by atoms with Crippen molar-refractivity contribution in [2.24, 2.45) is 0 Å². The first-order chi connectivity index (χ1) is 14.5. The molecule has 0 fully saturated rings. The first-order valence-corrected chi connectivity index (χ1v) is 10.3. The molecule has 2 aromatic carbocycles. The number of nitrogens with zero attached hydrogens (tertiary/aromatic N) is 2. The molecule has 1 amide bonds. The van der Waals surface area contributed by atoms with Crippen LogP contribution in [0.25, 0.3) is 11.3 Å². The number of amides is 1. The Balaban J connectivity index is 1.57. The first kappa shape index (κ1) is 21.3. The van der Waals surface area contributed by atoms with E-state index >= 15 is 0 Å². The number of rotatable bonds is 9. The maximum atomic E-state index is 12.3. The summed E-state index contributed by atoms with van der Waals surface area (Å²) >= 11 is 1.40. The molecular weight excluding hydrogens is 404 g/mol. The molecule has 0 unspecified atom stereocenters. The van der Waals surface area contributed by atoms with E-state index in [9.17, 15) is 14.9 Å². The Bertz CT molecular complexity index is 1030. The molecule has 0 saturated carbocycles. The van der Waals surface area contributed by atoms with Gasteiger partial charge in [-0.15, -0.1) is 11.3 Å². The van der Waals surface area contributed by atoms with Gasteiger partial charge >= 0.3 is 0 Å². The van der Waals surface area contributed by atoms with Crippen molar-refractivity contribution in [3.8, 4) is 17.0 Å². The van der Waals surface area contributed by atoms with Gasteiger partial charge < -0.3 is 15.4 Å². The van der Waals surface area contributed by atoms with Gasteiger partial charge in [0.15, 0.2) is 5.13 Å². The molecule has 0 spiro atoms. The number of nitrogens with one attached hydrogen (secondary N) is 2. The van der Waals surface area contributed by atoms with Crippen LogP contribution in [0.5, 0.6) is 5.75 Å². The molecule has 3 rings (SSSR count). The number of para-hydroxylation sites is 2. The lowest BCUT2D eigenvalue weighted by atomic mass is 10.1. The first-order valence-electron chi connectivity index (χ1n) is 9.45. The van der Waals surface area contributed by atoms with Crippen LogP contribution in [0.3, 0.4) is 0 Å². The lowest BCUT2D eigenvalue weighted by Crippen LogP contribution is -2.16. The highest BCUT2D eigenvalue weighted by Gasteiger charge is 2.14. The van der Waals surface area contributed by atoms with E-state index in [-0.39, 0.29) is 24.6 Å². The number of hydrogen-bond donors (Lipinski definition) is 2. The molecule has 0 saturated heterocycles. The monoisotopic (exact) mass is 426 g/mol. The molecule has 8 nitrogen and oxygen atoms in total. The fourth-order valence-electron chi connectivity index (χ4n) is 2.87. The molecule has 30 heavy (non-hydrogen) atoms. The van der Waals surface area contributed by atoms with E-state index in [1.54, 1.807) is 18.2 Å². The summed E-state index contributed by atoms with van der Waals surface area (Å²) in [5, 5.41) is 17.3. The van der Waals surface area contributed by atoms with Gasteiger partial charge in [0.1, 0.15) is 11.4 Å². The number of aryl methyl sites for hydroxylation is 1. The molecule has 0 atom stereocenters. The Morgan fingerprint density at radius 3 is 2.63 bits per heavy atom. The lowest BCUT2D eigenvalue weighted by Gasteiger charge is -2.06. The van der Waals surface area contributed by atoms with E-state index in [0.29, 0.717) is 17.4 Å². The van der Waals surface area contributed by atoms with E-state index in [1.165, 1.54) is 17.4 Å². The van der Waals surface area contributed by atoms with E-state index in [4.69, 9.17) is 4.74 Å². The third-order valence-corrected chi connectivity index (χ3v) is 5.14. The predicted octanol–water partition coefficient (Wildman–Crippen LogP) is 4.87. The van der Waals surface area contributed by atoms with Gasteiger partial charge in [-0.1, -0.05) is 12.1 Å². The van der Waals surface area contributed by atoms with E-state index in [1.807, 2.05) is 38.1 Å². The summed E-state index contributed by atoms with van der Waals surface area (Å²) in [6.45, 7) is 4.77. The Morgan fingerprint density at radius 1 is 1.20 bits per heavy atom. The maximum Gasteiger partial charge on any atom is 0.292 e. The van der Waals surface area contributed by atoms with Gasteiger partial charge in [-0.05, 0) is 44.2 Å². The molecule has 0 aliphatic heterocycles. The van der Waals surface area contributed by atoms with Crippen molar-refractivity contribution in [3.63, 3.8) is 0 Å². The van der Waals surface area contributed by atoms with Crippen LogP contribution in [0.15, 0.2) is 48.5 Å². The number of carbonyl (C=O) groups excluding carboxylic acids is 1. The number of aromatic nitrogens is 1. The topological polar surface area (TPSA) is 106 Å². The van der Waals surface area contributed by atoms with Crippen molar-refractivity contribution in [1.29, 1.82) is 0 Å². The van der Waals surface area contributed by atoms with Gasteiger partial charge in [0.05, 0.1) is 17.2 Å². The second-order valence-electron chi connectivity index (χ2n) is 6.38. The predicted molar refractivity (Wildman–Crippen MR) is 118 cm³/mol. The van der Waals surface area contributed by atoms with Gasteiger partial charge in [-0.2, -0.15) is 0 Å². The molecule has 0 bridgehead atoms. The van der Waals surface area contributed by atoms with Crippen LogP contribution in [-0.2, 0) is 4.79 Å². The molecule has 0 aliphatic rings. The summed E-state index contributed by atoms with van der Waals surface area (Å²) in [7, 11) is 0. The lowest BCUT2D eigenvalue weighted by molar-refractivity contribution is -0.384. The minimum atomic E-state index is -0.455. The van der Waals surface area contributed by atoms with Gasteiger partial charge in [0, 0.05) is 29.5 Å². The van der Waals surface area contributed by atoms with E-state index in [0.717, 1.165) is 21.9 Å². The van der Waals surface area contributed by atoms with Crippen LogP contribution in [0.2, 0.25) is 0 Å². The second kappa shape index (κ2) is 9.84. The number of nitro benzene ring substituents is 1. The minimum absolute atomic E-state index is 0.0200. The fourth-order valence-corrected chi connectivity index (χ4v) is 3.72. The SMILES string of the molecule is CCOc1ccc(-c2nc(NC(=O)CCNc3ccccc3[N+](=O)[O-])sc2C)cc1. The maximum absolute atomic E-state index is 12.3. The van der Waals surface area contributed by atoms with E-state index < -0.39 is 4.92 Å². The summed E-state index contributed by atoms with van der Waals surface area (Å²) in [6, 6.07) is 14.0. The quantitative estimate of drug-likeness (QED) is 0.374. The van der Waals surface area contributed by atoms with Crippen LogP contribution in [0.4, 0.5) is 16.5 Å². The molecule has 0 aliphatic carbocycles. The van der Waals surface area contributed by atoms with Gasteiger partial charge in [0.2, 0.25) is 5.91 Å². The molecule has 0 radical (unpaired) electrons. The molecule has 9 heteroatoms. The minimum Gasteiger partial charge on any atom is -0.494 e. The number of benzene rings is 2. The largest absolute Gasteiger partial charge is 0.494 e. The smallest absolute Gasteiger partial charge is 0.292 e. The third-order valence-electron chi connectivity index (χ3n) is 4.25. The van der Waals surface area contributed by atoms with Gasteiger partial charge in [-0.3, -0.25) is 14.9 Å². The van der Waals surface area contributed by atoms with Crippen LogP contribution in [-0.4, -0.2) is 29.0 Å².